The average Bonchev–Trinajstić information content (AvgIpc) is 2.45. The fraction of sp³-hybridized carbons (Fsp3) is 0.857. The van der Waals surface area contributed by atoms with E-state index < -0.39 is 11.5 Å². The van der Waals surface area contributed by atoms with Crippen molar-refractivity contribution in [1.82, 2.24) is 10.2 Å². The van der Waals surface area contributed by atoms with Gasteiger partial charge in [-0.15, -0.1) is 0 Å². The molecule has 0 aliphatic carbocycles. The largest absolute Gasteiger partial charge is 0.480 e. The minimum atomic E-state index is -1.18. The van der Waals surface area contributed by atoms with Crippen LogP contribution in [0, 0.1) is 5.92 Å². The number of urea groups is 1. The molecule has 1 saturated heterocycles. The summed E-state index contributed by atoms with van der Waals surface area (Å²) >= 11 is 0. The summed E-state index contributed by atoms with van der Waals surface area (Å²) in [7, 11) is 0. The quantitative estimate of drug-likeness (QED) is 0.689. The van der Waals surface area contributed by atoms with E-state index in [9.17, 15) is 14.7 Å². The number of piperidine rings is 1. The fourth-order valence-electron chi connectivity index (χ4n) is 2.73. The number of likely N-dealkylation sites (tertiary alicyclic amines) is 1. The predicted molar refractivity (Wildman–Crippen MR) is 75.5 cm³/mol. The van der Waals surface area contributed by atoms with Gasteiger partial charge in [0.25, 0.3) is 0 Å². The van der Waals surface area contributed by atoms with Crippen LogP contribution in [0.1, 0.15) is 46.0 Å². The van der Waals surface area contributed by atoms with Gasteiger partial charge in [0, 0.05) is 19.7 Å². The molecule has 0 saturated carbocycles. The average molecular weight is 286 g/mol. The Balaban J connectivity index is 2.67. The van der Waals surface area contributed by atoms with Crippen LogP contribution in [-0.2, 0) is 4.79 Å². The summed E-state index contributed by atoms with van der Waals surface area (Å²) in [6.45, 7) is 4.90. The molecular weight excluding hydrogens is 260 g/mol. The van der Waals surface area contributed by atoms with Gasteiger partial charge < -0.3 is 20.4 Å². The van der Waals surface area contributed by atoms with E-state index in [1.807, 2.05) is 0 Å². The SMILES string of the molecule is CCC(CC)(NC(=O)N1CCCC(CCO)C1)C(=O)O. The lowest BCUT2D eigenvalue weighted by atomic mass is 9.92. The van der Waals surface area contributed by atoms with E-state index in [-0.39, 0.29) is 12.6 Å². The molecule has 0 radical (unpaired) electrons. The minimum absolute atomic E-state index is 0.128. The second kappa shape index (κ2) is 7.47. The van der Waals surface area contributed by atoms with Crippen molar-refractivity contribution in [1.29, 1.82) is 0 Å². The van der Waals surface area contributed by atoms with Crippen molar-refractivity contribution in [3.05, 3.63) is 0 Å². The van der Waals surface area contributed by atoms with Crippen molar-refractivity contribution in [2.24, 2.45) is 5.92 Å². The van der Waals surface area contributed by atoms with E-state index in [1.54, 1.807) is 18.7 Å². The van der Waals surface area contributed by atoms with E-state index in [0.717, 1.165) is 12.8 Å². The zero-order valence-electron chi connectivity index (χ0n) is 12.4. The Morgan fingerprint density at radius 3 is 2.50 bits per heavy atom. The van der Waals surface area contributed by atoms with Crippen molar-refractivity contribution in [3.8, 4) is 0 Å². The number of aliphatic hydroxyl groups is 1. The van der Waals surface area contributed by atoms with Crippen LogP contribution in [0.2, 0.25) is 0 Å². The minimum Gasteiger partial charge on any atom is -0.480 e. The molecule has 0 bridgehead atoms. The molecule has 20 heavy (non-hydrogen) atoms. The van der Waals surface area contributed by atoms with Crippen molar-refractivity contribution in [2.75, 3.05) is 19.7 Å². The zero-order valence-corrected chi connectivity index (χ0v) is 12.4. The first-order valence-electron chi connectivity index (χ1n) is 7.40. The molecule has 1 unspecified atom stereocenters. The molecule has 1 fully saturated rings. The lowest BCUT2D eigenvalue weighted by molar-refractivity contribution is -0.144. The van der Waals surface area contributed by atoms with Crippen molar-refractivity contribution in [3.63, 3.8) is 0 Å². The van der Waals surface area contributed by atoms with Gasteiger partial charge in [0.15, 0.2) is 0 Å². The Morgan fingerprint density at radius 1 is 1.35 bits per heavy atom. The fourth-order valence-corrected chi connectivity index (χ4v) is 2.73. The van der Waals surface area contributed by atoms with Gasteiger partial charge in [0.1, 0.15) is 5.54 Å². The van der Waals surface area contributed by atoms with Gasteiger partial charge >= 0.3 is 12.0 Å². The van der Waals surface area contributed by atoms with Crippen molar-refractivity contribution < 1.29 is 19.8 Å². The lowest BCUT2D eigenvalue weighted by Gasteiger charge is -2.36. The molecule has 0 aromatic carbocycles. The summed E-state index contributed by atoms with van der Waals surface area (Å²) in [5.41, 5.74) is -1.18. The molecule has 3 N–H and O–H groups in total. The molecule has 1 atom stereocenters. The highest BCUT2D eigenvalue weighted by Crippen LogP contribution is 2.21. The molecule has 0 aromatic heterocycles. The number of aliphatic hydroxyl groups excluding tert-OH is 1. The maximum atomic E-state index is 12.3. The highest BCUT2D eigenvalue weighted by Gasteiger charge is 2.38. The number of rotatable bonds is 6. The number of carbonyl (C=O) groups is 2. The third-order valence-electron chi connectivity index (χ3n) is 4.31. The summed E-state index contributed by atoms with van der Waals surface area (Å²) < 4.78 is 0. The Bertz CT molecular complexity index is 340. The van der Waals surface area contributed by atoms with Crippen LogP contribution in [0.15, 0.2) is 0 Å². The first-order valence-corrected chi connectivity index (χ1v) is 7.40. The summed E-state index contributed by atoms with van der Waals surface area (Å²) in [6.07, 6.45) is 3.32. The smallest absolute Gasteiger partial charge is 0.329 e. The Kier molecular flexibility index (Phi) is 6.26. The number of nitrogens with zero attached hydrogens (tertiary/aromatic N) is 1. The Morgan fingerprint density at radius 2 is 2.00 bits per heavy atom. The molecule has 1 aliphatic heterocycles. The van der Waals surface area contributed by atoms with E-state index in [0.29, 0.717) is 38.3 Å². The molecule has 6 heteroatoms. The molecule has 1 heterocycles. The predicted octanol–water partition coefficient (Wildman–Crippen LogP) is 1.43. The molecule has 1 rings (SSSR count). The van der Waals surface area contributed by atoms with E-state index in [1.165, 1.54) is 0 Å². The summed E-state index contributed by atoms with van der Waals surface area (Å²) in [4.78, 5) is 25.4. The molecule has 116 valence electrons. The zero-order chi connectivity index (χ0) is 15.2. The second-order valence-corrected chi connectivity index (χ2v) is 5.49. The number of aliphatic carboxylic acids is 1. The van der Waals surface area contributed by atoms with Crippen LogP contribution in [-0.4, -0.2) is 52.3 Å². The number of amides is 2. The third kappa shape index (κ3) is 3.85. The van der Waals surface area contributed by atoms with Gasteiger partial charge in [-0.25, -0.2) is 9.59 Å². The van der Waals surface area contributed by atoms with Crippen LogP contribution in [0.4, 0.5) is 4.79 Å². The Hall–Kier alpha value is -1.30. The topological polar surface area (TPSA) is 89.9 Å². The van der Waals surface area contributed by atoms with Crippen molar-refractivity contribution >= 4 is 12.0 Å². The summed E-state index contributed by atoms with van der Waals surface area (Å²) in [6, 6.07) is -0.307. The standard InChI is InChI=1S/C14H26N2O4/c1-3-14(4-2,12(18)19)15-13(20)16-8-5-6-11(10-16)7-9-17/h11,17H,3-10H2,1-2H3,(H,15,20)(H,18,19). The Labute approximate surface area is 120 Å². The highest BCUT2D eigenvalue weighted by atomic mass is 16.4. The van der Waals surface area contributed by atoms with E-state index >= 15 is 0 Å². The summed E-state index contributed by atoms with van der Waals surface area (Å²) in [5.74, 6) is -0.679. The number of nitrogens with one attached hydrogen (secondary N) is 1. The monoisotopic (exact) mass is 286 g/mol. The van der Waals surface area contributed by atoms with Crippen LogP contribution in [0.5, 0.6) is 0 Å². The molecule has 0 spiro atoms. The maximum absolute atomic E-state index is 12.3. The van der Waals surface area contributed by atoms with Gasteiger partial charge in [-0.05, 0) is 38.0 Å². The number of carboxylic acid groups (broad SMARTS) is 1. The summed E-state index contributed by atoms with van der Waals surface area (Å²) in [5, 5.41) is 21.0. The molecule has 1 aliphatic rings. The first-order chi connectivity index (χ1) is 9.49. The van der Waals surface area contributed by atoms with Crippen LogP contribution in [0.25, 0.3) is 0 Å². The van der Waals surface area contributed by atoms with Gasteiger partial charge in [-0.3, -0.25) is 0 Å². The van der Waals surface area contributed by atoms with Crippen molar-refractivity contribution in [2.45, 2.75) is 51.5 Å². The third-order valence-corrected chi connectivity index (χ3v) is 4.31. The highest BCUT2D eigenvalue weighted by molar-refractivity contribution is 5.86. The van der Waals surface area contributed by atoms with Crippen LogP contribution >= 0.6 is 0 Å². The number of carbonyl (C=O) groups excluding carboxylic acids is 1. The second-order valence-electron chi connectivity index (χ2n) is 5.49. The normalized spacial score (nSPS) is 19.8. The number of hydrogen-bond acceptors (Lipinski definition) is 3. The maximum Gasteiger partial charge on any atom is 0.329 e. The van der Waals surface area contributed by atoms with Gasteiger partial charge in [0.2, 0.25) is 0 Å². The molecular formula is C14H26N2O4. The van der Waals surface area contributed by atoms with Gasteiger partial charge in [-0.2, -0.15) is 0 Å². The van der Waals surface area contributed by atoms with Crippen LogP contribution in [0.3, 0.4) is 0 Å². The van der Waals surface area contributed by atoms with E-state index in [4.69, 9.17) is 5.11 Å². The lowest BCUT2D eigenvalue weighted by Crippen LogP contribution is -2.58. The molecule has 2 amide bonds. The van der Waals surface area contributed by atoms with Crippen LogP contribution < -0.4 is 5.32 Å². The van der Waals surface area contributed by atoms with E-state index in [2.05, 4.69) is 5.32 Å². The molecule has 0 aromatic rings. The number of carboxylic acids is 1. The molecule has 6 nitrogen and oxygen atoms in total. The number of hydrogen-bond donors (Lipinski definition) is 3. The first kappa shape index (κ1) is 16.8. The van der Waals surface area contributed by atoms with Gasteiger partial charge in [-0.1, -0.05) is 13.8 Å². The van der Waals surface area contributed by atoms with Gasteiger partial charge in [0.05, 0.1) is 0 Å².